The number of hydrogen-bond acceptors (Lipinski definition) is 5. The molecule has 1 aliphatic rings. The molecule has 2 aromatic rings. The van der Waals surface area contributed by atoms with Crippen LogP contribution in [0.1, 0.15) is 36.1 Å². The van der Waals surface area contributed by atoms with Crippen molar-refractivity contribution in [2.24, 2.45) is 0 Å². The second-order valence-corrected chi connectivity index (χ2v) is 7.56. The van der Waals surface area contributed by atoms with Gasteiger partial charge in [-0.3, -0.25) is 4.79 Å². The lowest BCUT2D eigenvalue weighted by Gasteiger charge is -2.21. The van der Waals surface area contributed by atoms with Crippen LogP contribution in [-0.4, -0.2) is 24.0 Å². The first kappa shape index (κ1) is 19.8. The van der Waals surface area contributed by atoms with Crippen LogP contribution in [0.2, 0.25) is 0 Å². The summed E-state index contributed by atoms with van der Waals surface area (Å²) in [6.45, 7) is -0.464. The second-order valence-electron chi connectivity index (χ2n) is 6.61. The van der Waals surface area contributed by atoms with Gasteiger partial charge in [-0.25, -0.2) is 9.18 Å². The fourth-order valence-electron chi connectivity index (χ4n) is 3.14. The lowest BCUT2D eigenvalue weighted by atomic mass is 10.00. The summed E-state index contributed by atoms with van der Waals surface area (Å²) in [7, 11) is 0. The van der Waals surface area contributed by atoms with Gasteiger partial charge in [-0.15, -0.1) is 11.3 Å². The number of amides is 1. The number of halogens is 1. The molecule has 1 fully saturated rings. The van der Waals surface area contributed by atoms with Crippen LogP contribution in [-0.2, 0) is 14.3 Å². The van der Waals surface area contributed by atoms with Gasteiger partial charge in [0, 0.05) is 4.88 Å². The molecule has 0 bridgehead atoms. The minimum absolute atomic E-state index is 0.283. The molecule has 1 aliphatic carbocycles. The summed E-state index contributed by atoms with van der Waals surface area (Å²) < 4.78 is 18.3. The second kappa shape index (κ2) is 8.81. The molecule has 1 aromatic heterocycles. The number of carbonyl (C=O) groups excluding carboxylic acids is 2. The molecular weight excluding hydrogens is 379 g/mol. The van der Waals surface area contributed by atoms with Crippen molar-refractivity contribution < 1.29 is 18.7 Å². The van der Waals surface area contributed by atoms with Gasteiger partial charge in [0.25, 0.3) is 5.91 Å². The minimum atomic E-state index is -0.857. The maximum Gasteiger partial charge on any atom is 0.340 e. The number of nitrogens with zero attached hydrogens (tertiary/aromatic N) is 1. The zero-order chi connectivity index (χ0) is 20.0. The van der Waals surface area contributed by atoms with Gasteiger partial charge in [0.1, 0.15) is 11.4 Å². The van der Waals surface area contributed by atoms with Gasteiger partial charge in [-0.1, -0.05) is 18.2 Å². The summed E-state index contributed by atoms with van der Waals surface area (Å²) in [5, 5.41) is 13.8. The zero-order valence-corrected chi connectivity index (χ0v) is 15.9. The van der Waals surface area contributed by atoms with Crippen LogP contribution in [0.5, 0.6) is 0 Å². The van der Waals surface area contributed by atoms with E-state index < -0.39 is 24.0 Å². The molecule has 1 N–H and O–H groups in total. The number of carbonyl (C=O) groups is 2. The Hall–Kier alpha value is -2.98. The molecule has 3 rings (SSSR count). The van der Waals surface area contributed by atoms with Crippen molar-refractivity contribution in [3.63, 3.8) is 0 Å². The Morgan fingerprint density at radius 3 is 2.57 bits per heavy atom. The average Bonchev–Trinajstić information content (AvgIpc) is 3.38. The van der Waals surface area contributed by atoms with Crippen LogP contribution in [0.4, 0.5) is 4.39 Å². The van der Waals surface area contributed by atoms with Gasteiger partial charge in [0.05, 0.1) is 11.6 Å². The number of nitrogens with one attached hydrogen (secondary N) is 1. The van der Waals surface area contributed by atoms with Crippen LogP contribution in [0, 0.1) is 17.1 Å². The monoisotopic (exact) mass is 398 g/mol. The van der Waals surface area contributed by atoms with E-state index in [0.717, 1.165) is 12.8 Å². The first-order chi connectivity index (χ1) is 13.5. The van der Waals surface area contributed by atoms with E-state index in [-0.39, 0.29) is 11.4 Å². The molecule has 1 saturated carbocycles. The van der Waals surface area contributed by atoms with E-state index in [4.69, 9.17) is 4.74 Å². The average molecular weight is 398 g/mol. The number of esters is 1. The van der Waals surface area contributed by atoms with Crippen molar-refractivity contribution in [2.45, 2.75) is 31.2 Å². The molecule has 0 spiro atoms. The van der Waals surface area contributed by atoms with Gasteiger partial charge < -0.3 is 10.1 Å². The molecule has 0 atom stereocenters. The Morgan fingerprint density at radius 2 is 1.96 bits per heavy atom. The van der Waals surface area contributed by atoms with Gasteiger partial charge in [-0.2, -0.15) is 5.26 Å². The van der Waals surface area contributed by atoms with Crippen molar-refractivity contribution in [3.05, 3.63) is 58.0 Å². The van der Waals surface area contributed by atoms with Crippen molar-refractivity contribution in [1.29, 1.82) is 5.26 Å². The first-order valence-electron chi connectivity index (χ1n) is 8.92. The molecule has 0 unspecified atom stereocenters. The van der Waals surface area contributed by atoms with Crippen LogP contribution in [0.25, 0.3) is 11.6 Å². The number of ether oxygens (including phenoxy) is 1. The molecule has 1 heterocycles. The Labute approximate surface area is 166 Å². The third kappa shape index (κ3) is 4.84. The highest BCUT2D eigenvalue weighted by Gasteiger charge is 2.35. The van der Waals surface area contributed by atoms with Crippen molar-refractivity contribution in [3.8, 4) is 6.07 Å². The van der Waals surface area contributed by atoms with Crippen LogP contribution in [0.15, 0.2) is 41.8 Å². The first-order valence-corrected chi connectivity index (χ1v) is 9.80. The quantitative estimate of drug-likeness (QED) is 0.591. The molecule has 7 heteroatoms. The van der Waals surface area contributed by atoms with E-state index in [9.17, 15) is 19.2 Å². The molecule has 0 aliphatic heterocycles. The molecule has 28 heavy (non-hydrogen) atoms. The standard InChI is InChI=1S/C21H19FN2O3S/c22-16-7-5-15(6-8-16)12-17(18-4-3-11-28-18)20(26)27-13-19(25)24-21(14-23)9-1-2-10-21/h3-8,11-12H,1-2,9-10,13H2,(H,24,25)/b17-12+. The number of rotatable bonds is 6. The van der Waals surface area contributed by atoms with E-state index in [2.05, 4.69) is 11.4 Å². The van der Waals surface area contributed by atoms with Crippen LogP contribution >= 0.6 is 11.3 Å². The highest BCUT2D eigenvalue weighted by Crippen LogP contribution is 2.29. The largest absolute Gasteiger partial charge is 0.452 e. The summed E-state index contributed by atoms with van der Waals surface area (Å²) in [6.07, 6.45) is 4.58. The van der Waals surface area contributed by atoms with Gasteiger partial charge in [-0.05, 0) is 60.9 Å². The fraction of sp³-hybridized carbons (Fsp3) is 0.286. The van der Waals surface area contributed by atoms with Crippen LogP contribution < -0.4 is 5.32 Å². The summed E-state index contributed by atoms with van der Waals surface area (Å²) in [5.74, 6) is -1.52. The van der Waals surface area contributed by atoms with Gasteiger partial charge in [0.2, 0.25) is 0 Å². The SMILES string of the molecule is N#CC1(NC(=O)COC(=O)/C(=C/c2ccc(F)cc2)c2cccs2)CCCC1. The molecule has 1 amide bonds. The minimum Gasteiger partial charge on any atom is -0.452 e. The maximum atomic E-state index is 13.1. The number of benzene rings is 1. The predicted molar refractivity (Wildman–Crippen MR) is 105 cm³/mol. The Kier molecular flexibility index (Phi) is 6.22. The van der Waals surface area contributed by atoms with Crippen molar-refractivity contribution in [2.75, 3.05) is 6.61 Å². The van der Waals surface area contributed by atoms with Crippen molar-refractivity contribution >= 4 is 34.9 Å². The topological polar surface area (TPSA) is 79.2 Å². The Bertz CT molecular complexity index is 908. The summed E-state index contributed by atoms with van der Waals surface area (Å²) in [6, 6.07) is 11.5. The van der Waals surface area contributed by atoms with E-state index >= 15 is 0 Å². The smallest absolute Gasteiger partial charge is 0.340 e. The summed E-state index contributed by atoms with van der Waals surface area (Å²) in [4.78, 5) is 25.5. The number of nitriles is 1. The summed E-state index contributed by atoms with van der Waals surface area (Å²) in [5.41, 5.74) is 0.0650. The third-order valence-corrected chi connectivity index (χ3v) is 5.47. The van der Waals surface area contributed by atoms with E-state index in [1.54, 1.807) is 30.3 Å². The lowest BCUT2D eigenvalue weighted by molar-refractivity contribution is -0.143. The molecule has 0 radical (unpaired) electrons. The fourth-order valence-corrected chi connectivity index (χ4v) is 3.87. The maximum absolute atomic E-state index is 13.1. The van der Waals surface area contributed by atoms with E-state index in [1.165, 1.54) is 23.5 Å². The third-order valence-electron chi connectivity index (χ3n) is 4.57. The van der Waals surface area contributed by atoms with Crippen LogP contribution in [0.3, 0.4) is 0 Å². The molecule has 0 saturated heterocycles. The highest BCUT2D eigenvalue weighted by atomic mass is 32.1. The predicted octanol–water partition coefficient (Wildman–Crippen LogP) is 3.92. The summed E-state index contributed by atoms with van der Waals surface area (Å²) >= 11 is 1.36. The van der Waals surface area contributed by atoms with E-state index in [0.29, 0.717) is 23.3 Å². The molecular formula is C21H19FN2O3S. The highest BCUT2D eigenvalue weighted by molar-refractivity contribution is 7.11. The lowest BCUT2D eigenvalue weighted by Crippen LogP contribution is -2.46. The van der Waals surface area contributed by atoms with Crippen molar-refractivity contribution in [1.82, 2.24) is 5.32 Å². The van der Waals surface area contributed by atoms with Gasteiger partial charge in [0.15, 0.2) is 6.61 Å². The number of hydrogen-bond donors (Lipinski definition) is 1. The number of thiophene rings is 1. The Morgan fingerprint density at radius 1 is 1.25 bits per heavy atom. The zero-order valence-electron chi connectivity index (χ0n) is 15.1. The molecule has 1 aromatic carbocycles. The Balaban J connectivity index is 1.69. The molecule has 144 valence electrons. The normalized spacial score (nSPS) is 15.6. The van der Waals surface area contributed by atoms with Gasteiger partial charge >= 0.3 is 5.97 Å². The van der Waals surface area contributed by atoms with E-state index in [1.807, 2.05) is 5.38 Å². The molecule has 5 nitrogen and oxygen atoms in total.